The molecule has 1 amide bonds. The number of fused-ring (bicyclic) bond motifs is 1. The second-order valence-electron chi connectivity index (χ2n) is 4.36. The zero-order valence-electron chi connectivity index (χ0n) is 11.6. The maximum Gasteiger partial charge on any atom is 0.221 e. The zero-order valence-corrected chi connectivity index (χ0v) is 13.3. The predicted molar refractivity (Wildman–Crippen MR) is 85.6 cm³/mol. The Kier molecular flexibility index (Phi) is 8.24. The predicted octanol–water partition coefficient (Wildman–Crippen LogP) is 1.56. The molecule has 118 valence electrons. The molecule has 0 aliphatic carbocycles. The molecule has 21 heavy (non-hydrogen) atoms. The Balaban J connectivity index is 0.00000200. The maximum atomic E-state index is 13.1. The van der Waals surface area contributed by atoms with Crippen molar-refractivity contribution in [3.05, 3.63) is 29.8 Å². The lowest BCUT2D eigenvalue weighted by molar-refractivity contribution is -0.120. The van der Waals surface area contributed by atoms with Gasteiger partial charge in [0.05, 0.1) is 11.0 Å². The Hall–Kier alpha value is -1.37. The highest BCUT2D eigenvalue weighted by Crippen LogP contribution is 2.16. The number of rotatable bonds is 5. The number of nitrogens with zero attached hydrogens (tertiary/aromatic N) is 2. The molecule has 0 unspecified atom stereocenters. The van der Waals surface area contributed by atoms with E-state index in [0.717, 1.165) is 11.3 Å². The number of imidazole rings is 1. The maximum absolute atomic E-state index is 13.1. The van der Waals surface area contributed by atoms with E-state index in [9.17, 15) is 9.18 Å². The molecule has 0 aliphatic heterocycles. The van der Waals surface area contributed by atoms with Gasteiger partial charge in [-0.25, -0.2) is 9.37 Å². The summed E-state index contributed by atoms with van der Waals surface area (Å²) in [6.45, 7) is 0.843. The number of halogens is 3. The summed E-state index contributed by atoms with van der Waals surface area (Å²) in [5, 5.41) is 2.77. The van der Waals surface area contributed by atoms with Gasteiger partial charge in [0.25, 0.3) is 0 Å². The summed E-state index contributed by atoms with van der Waals surface area (Å²) >= 11 is 0. The molecule has 1 aromatic carbocycles. The smallest absolute Gasteiger partial charge is 0.221 e. The fourth-order valence-electron chi connectivity index (χ4n) is 1.98. The number of carbonyl (C=O) groups is 1. The molecule has 0 fully saturated rings. The van der Waals surface area contributed by atoms with Crippen molar-refractivity contribution in [1.82, 2.24) is 14.9 Å². The van der Waals surface area contributed by atoms with Gasteiger partial charge in [0.1, 0.15) is 11.6 Å². The number of amides is 1. The van der Waals surface area contributed by atoms with Crippen molar-refractivity contribution < 1.29 is 9.18 Å². The largest absolute Gasteiger partial charge is 0.356 e. The molecule has 0 spiro atoms. The van der Waals surface area contributed by atoms with E-state index in [4.69, 9.17) is 5.73 Å². The van der Waals surface area contributed by atoms with Gasteiger partial charge in [-0.15, -0.1) is 24.8 Å². The van der Waals surface area contributed by atoms with E-state index < -0.39 is 0 Å². The van der Waals surface area contributed by atoms with Crippen LogP contribution < -0.4 is 11.1 Å². The SMILES string of the molecule is Cl.Cl.Cn1c(CCNC(=O)CCN)nc2cc(F)ccc21. The standard InChI is InChI=1S/C13H17FN4O.2ClH/c1-18-11-3-2-9(14)8-10(11)17-12(18)5-7-16-13(19)4-6-15;;/h2-3,8H,4-7,15H2,1H3,(H,16,19);2*1H. The van der Waals surface area contributed by atoms with Crippen molar-refractivity contribution in [2.75, 3.05) is 13.1 Å². The topological polar surface area (TPSA) is 72.9 Å². The average Bonchev–Trinajstić information content (AvgIpc) is 2.66. The van der Waals surface area contributed by atoms with Crippen molar-refractivity contribution in [3.8, 4) is 0 Å². The van der Waals surface area contributed by atoms with E-state index >= 15 is 0 Å². The first-order valence-corrected chi connectivity index (χ1v) is 6.19. The highest BCUT2D eigenvalue weighted by atomic mass is 35.5. The molecular weight excluding hydrogens is 318 g/mol. The number of benzene rings is 1. The molecule has 0 saturated heterocycles. The number of hydrogen-bond acceptors (Lipinski definition) is 3. The first-order chi connectivity index (χ1) is 9.11. The summed E-state index contributed by atoms with van der Waals surface area (Å²) in [6, 6.07) is 4.52. The van der Waals surface area contributed by atoms with Gasteiger partial charge in [0.15, 0.2) is 0 Å². The molecule has 8 heteroatoms. The van der Waals surface area contributed by atoms with Crippen LogP contribution in [0.2, 0.25) is 0 Å². The molecule has 0 radical (unpaired) electrons. The van der Waals surface area contributed by atoms with Crippen molar-refractivity contribution >= 4 is 41.8 Å². The summed E-state index contributed by atoms with van der Waals surface area (Å²) in [5.41, 5.74) is 6.80. The van der Waals surface area contributed by atoms with Crippen molar-refractivity contribution in [2.24, 2.45) is 12.8 Å². The van der Waals surface area contributed by atoms with Crippen molar-refractivity contribution in [2.45, 2.75) is 12.8 Å². The van der Waals surface area contributed by atoms with Crippen LogP contribution in [0.15, 0.2) is 18.2 Å². The van der Waals surface area contributed by atoms with Gasteiger partial charge in [-0.3, -0.25) is 4.79 Å². The monoisotopic (exact) mass is 336 g/mol. The molecule has 1 heterocycles. The lowest BCUT2D eigenvalue weighted by atomic mass is 10.3. The van der Waals surface area contributed by atoms with Crippen LogP contribution in [0.4, 0.5) is 4.39 Å². The normalized spacial score (nSPS) is 9.86. The van der Waals surface area contributed by atoms with E-state index in [1.807, 2.05) is 11.6 Å². The molecule has 3 N–H and O–H groups in total. The third-order valence-electron chi connectivity index (χ3n) is 2.98. The van der Waals surface area contributed by atoms with Crippen LogP contribution in [0, 0.1) is 5.82 Å². The van der Waals surface area contributed by atoms with Crippen LogP contribution in [0.5, 0.6) is 0 Å². The Morgan fingerprint density at radius 3 is 2.81 bits per heavy atom. The number of nitrogens with one attached hydrogen (secondary N) is 1. The second kappa shape index (κ2) is 8.81. The van der Waals surface area contributed by atoms with Gasteiger partial charge in [-0.05, 0) is 12.1 Å². The third-order valence-corrected chi connectivity index (χ3v) is 2.98. The molecule has 5 nitrogen and oxygen atoms in total. The highest BCUT2D eigenvalue weighted by Gasteiger charge is 2.08. The van der Waals surface area contributed by atoms with E-state index in [1.54, 1.807) is 6.07 Å². The lowest BCUT2D eigenvalue weighted by Crippen LogP contribution is -2.28. The molecule has 1 aromatic heterocycles. The summed E-state index contributed by atoms with van der Waals surface area (Å²) in [6.07, 6.45) is 0.927. The summed E-state index contributed by atoms with van der Waals surface area (Å²) < 4.78 is 15.0. The zero-order chi connectivity index (χ0) is 13.8. The number of hydrogen-bond donors (Lipinski definition) is 2. The summed E-state index contributed by atoms with van der Waals surface area (Å²) in [5.74, 6) is 0.453. The second-order valence-corrected chi connectivity index (χ2v) is 4.36. The molecule has 0 bridgehead atoms. The first-order valence-electron chi connectivity index (χ1n) is 6.19. The van der Waals surface area contributed by atoms with Crippen LogP contribution >= 0.6 is 24.8 Å². The van der Waals surface area contributed by atoms with Gasteiger partial charge in [0, 0.05) is 39.0 Å². The van der Waals surface area contributed by atoms with Crippen LogP contribution in [-0.2, 0) is 18.3 Å². The highest BCUT2D eigenvalue weighted by molar-refractivity contribution is 5.85. The van der Waals surface area contributed by atoms with Crippen molar-refractivity contribution in [1.29, 1.82) is 0 Å². The van der Waals surface area contributed by atoms with Gasteiger partial charge in [-0.1, -0.05) is 0 Å². The van der Waals surface area contributed by atoms with E-state index in [2.05, 4.69) is 10.3 Å². The fourth-order valence-corrected chi connectivity index (χ4v) is 1.98. The van der Waals surface area contributed by atoms with Crippen LogP contribution in [0.1, 0.15) is 12.2 Å². The summed E-state index contributed by atoms with van der Waals surface area (Å²) in [7, 11) is 1.88. The Bertz CT molecular complexity index is 603. The fraction of sp³-hybridized carbons (Fsp3) is 0.385. The first kappa shape index (κ1) is 19.6. The van der Waals surface area contributed by atoms with Crippen LogP contribution in [-0.4, -0.2) is 28.5 Å². The van der Waals surface area contributed by atoms with Crippen LogP contribution in [0.3, 0.4) is 0 Å². The Morgan fingerprint density at radius 1 is 1.43 bits per heavy atom. The quantitative estimate of drug-likeness (QED) is 0.870. The third kappa shape index (κ3) is 4.84. The van der Waals surface area contributed by atoms with Gasteiger partial charge < -0.3 is 15.6 Å². The lowest BCUT2D eigenvalue weighted by Gasteiger charge is -2.04. The average molecular weight is 337 g/mol. The van der Waals surface area contributed by atoms with Crippen LogP contribution in [0.25, 0.3) is 11.0 Å². The van der Waals surface area contributed by atoms with E-state index in [1.165, 1.54) is 12.1 Å². The van der Waals surface area contributed by atoms with Gasteiger partial charge in [-0.2, -0.15) is 0 Å². The Morgan fingerprint density at radius 2 is 2.14 bits per heavy atom. The van der Waals surface area contributed by atoms with Crippen molar-refractivity contribution in [3.63, 3.8) is 0 Å². The van der Waals surface area contributed by atoms with Gasteiger partial charge >= 0.3 is 0 Å². The molecular formula is C13H19Cl2FN4O. The minimum Gasteiger partial charge on any atom is -0.356 e. The Labute approximate surface area is 134 Å². The molecule has 0 aliphatic rings. The minimum absolute atomic E-state index is 0. The minimum atomic E-state index is -0.298. The summed E-state index contributed by atoms with van der Waals surface area (Å²) in [4.78, 5) is 15.6. The number of nitrogens with two attached hydrogens (primary N) is 1. The number of aromatic nitrogens is 2. The van der Waals surface area contributed by atoms with E-state index in [-0.39, 0.29) is 36.5 Å². The molecule has 2 aromatic rings. The molecule has 2 rings (SSSR count). The molecule has 0 saturated carbocycles. The number of aryl methyl sites for hydroxylation is 1. The molecule has 0 atom stereocenters. The van der Waals surface area contributed by atoms with E-state index in [0.29, 0.717) is 31.4 Å². The van der Waals surface area contributed by atoms with Gasteiger partial charge in [0.2, 0.25) is 5.91 Å². The number of carbonyl (C=O) groups excluding carboxylic acids is 1.